The van der Waals surface area contributed by atoms with Gasteiger partial charge < -0.3 is 35.1 Å². The summed E-state index contributed by atoms with van der Waals surface area (Å²) in [7, 11) is 0. The van der Waals surface area contributed by atoms with Crippen molar-refractivity contribution in [3.05, 3.63) is 65.9 Å². The van der Waals surface area contributed by atoms with Gasteiger partial charge in [0.15, 0.2) is 6.19 Å². The van der Waals surface area contributed by atoms with Crippen LogP contribution in [0.3, 0.4) is 0 Å². The van der Waals surface area contributed by atoms with Gasteiger partial charge in [0.25, 0.3) is 0 Å². The lowest BCUT2D eigenvalue weighted by Crippen LogP contribution is -2.44. The topological polar surface area (TPSA) is 187 Å². The van der Waals surface area contributed by atoms with Crippen molar-refractivity contribution < 1.29 is 28.6 Å². The first-order valence-corrected chi connectivity index (χ1v) is 14.8. The fraction of sp³-hybridized carbons (Fsp3) is 0.364. The second kappa shape index (κ2) is 17.7. The summed E-state index contributed by atoms with van der Waals surface area (Å²) in [6.07, 6.45) is 11.4. The molecule has 13 nitrogen and oxygen atoms in total. The van der Waals surface area contributed by atoms with E-state index in [4.69, 9.17) is 20.1 Å². The third kappa shape index (κ3) is 10.6. The highest BCUT2D eigenvalue weighted by Crippen LogP contribution is 2.24. The molecule has 13 heteroatoms. The number of guanidine groups is 1. The van der Waals surface area contributed by atoms with E-state index < -0.39 is 18.2 Å². The molecule has 2 aromatic carbocycles. The number of β-amino-alcohol motifs (C(OH)–C–C–N with tert-alkyl or cyclic N) is 1. The third-order valence-electron chi connectivity index (χ3n) is 7.21. The lowest BCUT2D eigenvalue weighted by molar-refractivity contribution is -0.139. The normalized spacial score (nSPS) is 17.8. The monoisotopic (exact) mass is 629 g/mol. The summed E-state index contributed by atoms with van der Waals surface area (Å²) in [4.78, 5) is 43.7. The number of carbonyl (C=O) groups is 3. The Morgan fingerprint density at radius 1 is 1.15 bits per heavy atom. The van der Waals surface area contributed by atoms with Crippen molar-refractivity contribution in [3.8, 4) is 19.0 Å². The van der Waals surface area contributed by atoms with Crippen LogP contribution in [-0.2, 0) is 20.9 Å². The first kappa shape index (κ1) is 35.0. The van der Waals surface area contributed by atoms with Crippen molar-refractivity contribution in [1.29, 1.82) is 5.26 Å². The number of hydrogen-bond donors (Lipinski definition) is 4. The zero-order valence-corrected chi connectivity index (χ0v) is 25.7. The van der Waals surface area contributed by atoms with Crippen LogP contribution in [0.5, 0.6) is 0 Å². The molecule has 1 aromatic heterocycles. The number of nitrogens with two attached hydrogens (primary N) is 1. The van der Waals surface area contributed by atoms with E-state index in [1.165, 1.54) is 4.90 Å². The van der Waals surface area contributed by atoms with E-state index in [9.17, 15) is 19.5 Å². The minimum atomic E-state index is -0.868. The Morgan fingerprint density at radius 3 is 2.65 bits per heavy atom. The predicted molar refractivity (Wildman–Crippen MR) is 172 cm³/mol. The highest BCUT2D eigenvalue weighted by atomic mass is 16.5. The summed E-state index contributed by atoms with van der Waals surface area (Å²) in [6, 6.07) is 16.1. The second-order valence-electron chi connectivity index (χ2n) is 10.6. The number of benzene rings is 2. The molecule has 46 heavy (non-hydrogen) atoms. The number of rotatable bonds is 6. The van der Waals surface area contributed by atoms with Gasteiger partial charge >= 0.3 is 6.09 Å². The summed E-state index contributed by atoms with van der Waals surface area (Å²) < 4.78 is 10.6. The first-order chi connectivity index (χ1) is 22.2. The van der Waals surface area contributed by atoms with Gasteiger partial charge in [0.1, 0.15) is 18.0 Å². The second-order valence-corrected chi connectivity index (χ2v) is 10.6. The van der Waals surface area contributed by atoms with Crippen LogP contribution in [0.4, 0.5) is 10.5 Å². The molecule has 2 fully saturated rings. The zero-order chi connectivity index (χ0) is 33.5. The molecule has 3 heterocycles. The Morgan fingerprint density at radius 2 is 1.91 bits per heavy atom. The van der Waals surface area contributed by atoms with Crippen molar-refractivity contribution >= 4 is 40.5 Å². The van der Waals surface area contributed by atoms with Crippen molar-refractivity contribution in [2.24, 2.45) is 10.7 Å². The molecule has 2 unspecified atom stereocenters. The molecule has 0 aliphatic carbocycles. The van der Waals surface area contributed by atoms with Crippen molar-refractivity contribution in [1.82, 2.24) is 20.4 Å². The van der Waals surface area contributed by atoms with Crippen LogP contribution in [-0.4, -0.2) is 77.1 Å². The molecule has 242 valence electrons. The third-order valence-corrected chi connectivity index (χ3v) is 7.21. The fourth-order valence-electron chi connectivity index (χ4n) is 4.97. The highest BCUT2D eigenvalue weighted by Gasteiger charge is 2.36. The van der Waals surface area contributed by atoms with E-state index in [0.717, 1.165) is 41.6 Å². The maximum absolute atomic E-state index is 12.5. The quantitative estimate of drug-likeness (QED) is 0.105. The van der Waals surface area contributed by atoms with Gasteiger partial charge in [-0.15, -0.1) is 12.8 Å². The Balaban J connectivity index is 0.000000271. The minimum Gasteiger partial charge on any atom is -0.461 e. The summed E-state index contributed by atoms with van der Waals surface area (Å²) in [6.45, 7) is 2.96. The first-order valence-electron chi connectivity index (χ1n) is 14.8. The molecule has 0 radical (unpaired) electrons. The molecule has 2 saturated heterocycles. The van der Waals surface area contributed by atoms with Gasteiger partial charge in [-0.1, -0.05) is 36.8 Å². The SMILES string of the molecule is C#C.Cc1cc2cc(N=C(N)NC#N)ccc2o1.O=C(NC1CN(C(=O)CN2CCCCCC2=O)CC1O)OCc1ccccc1. The molecule has 0 spiro atoms. The van der Waals surface area contributed by atoms with E-state index in [2.05, 4.69) is 28.5 Å². The maximum Gasteiger partial charge on any atom is 0.407 e. The molecule has 2 atom stereocenters. The number of amides is 3. The average molecular weight is 630 g/mol. The Hall–Kier alpha value is -5.53. The van der Waals surface area contributed by atoms with Crippen LogP contribution in [0.15, 0.2) is 64.0 Å². The van der Waals surface area contributed by atoms with E-state index in [-0.39, 0.29) is 44.0 Å². The number of carbonyl (C=O) groups excluding carboxylic acids is 3. The number of nitriles is 1. The number of terminal acetylenes is 1. The van der Waals surface area contributed by atoms with Gasteiger partial charge in [0, 0.05) is 31.4 Å². The van der Waals surface area contributed by atoms with Gasteiger partial charge in [-0.2, -0.15) is 5.26 Å². The van der Waals surface area contributed by atoms with E-state index in [1.54, 1.807) is 17.2 Å². The number of furan rings is 1. The van der Waals surface area contributed by atoms with Crippen LogP contribution in [0.1, 0.15) is 37.0 Å². The molecule has 0 bridgehead atoms. The highest BCUT2D eigenvalue weighted by molar-refractivity contribution is 5.86. The summed E-state index contributed by atoms with van der Waals surface area (Å²) in [5.74, 6) is 0.710. The Labute approximate surface area is 268 Å². The number of aliphatic imine (C=N–C) groups is 1. The van der Waals surface area contributed by atoms with Crippen LogP contribution >= 0.6 is 0 Å². The lowest BCUT2D eigenvalue weighted by atomic mass is 10.2. The number of ether oxygens (including phenoxy) is 1. The Kier molecular flexibility index (Phi) is 13.4. The summed E-state index contributed by atoms with van der Waals surface area (Å²) >= 11 is 0. The molecule has 2 aliphatic rings. The van der Waals surface area contributed by atoms with Gasteiger partial charge in [-0.3, -0.25) is 14.9 Å². The van der Waals surface area contributed by atoms with Crippen molar-refractivity contribution in [2.45, 2.75) is 51.4 Å². The predicted octanol–water partition coefficient (Wildman–Crippen LogP) is 2.89. The van der Waals surface area contributed by atoms with E-state index in [1.807, 2.05) is 55.5 Å². The van der Waals surface area contributed by atoms with Crippen LogP contribution < -0.4 is 16.4 Å². The molecule has 3 aromatic rings. The van der Waals surface area contributed by atoms with Crippen molar-refractivity contribution in [2.75, 3.05) is 26.2 Å². The molecule has 2 aliphatic heterocycles. The number of fused-ring (bicyclic) bond motifs is 1. The van der Waals surface area contributed by atoms with Crippen LogP contribution in [0, 0.1) is 31.2 Å². The smallest absolute Gasteiger partial charge is 0.407 e. The number of aliphatic hydroxyl groups is 1. The standard InChI is InChI=1S/C20H27N3O5.C11H10N4O.C2H2/c24-17-12-23(19(26)13-22-10-6-2-5-9-18(22)25)11-16(17)21-20(27)28-14-15-7-3-1-4-8-15;1-7-4-8-5-9(2-3-10(8)16-7)15-11(13)14-6-12;1-2/h1,3-4,7-8,16-17,24H,2,5-6,9-14H2,(H,21,27);2-5H,1H3,(H3,13,14,15);1-2H. The molecule has 3 amide bonds. The number of hydrogen-bond acceptors (Lipinski definition) is 8. The van der Waals surface area contributed by atoms with E-state index >= 15 is 0 Å². The number of aryl methyl sites for hydroxylation is 1. The van der Waals surface area contributed by atoms with Crippen LogP contribution in [0.2, 0.25) is 0 Å². The lowest BCUT2D eigenvalue weighted by Gasteiger charge is -2.23. The summed E-state index contributed by atoms with van der Waals surface area (Å²) in [5, 5.41) is 24.4. The van der Waals surface area contributed by atoms with Gasteiger partial charge in [0.2, 0.25) is 17.8 Å². The molecular formula is C33H39N7O6. The molecule has 0 saturated carbocycles. The number of likely N-dealkylation sites (tertiary alicyclic amines) is 2. The van der Waals surface area contributed by atoms with Gasteiger partial charge in [-0.25, -0.2) is 9.79 Å². The molecular weight excluding hydrogens is 590 g/mol. The maximum atomic E-state index is 12.5. The minimum absolute atomic E-state index is 0.00441. The largest absolute Gasteiger partial charge is 0.461 e. The number of alkyl carbamates (subject to hydrolysis) is 1. The van der Waals surface area contributed by atoms with Gasteiger partial charge in [0.05, 0.1) is 24.4 Å². The Bertz CT molecular complexity index is 1560. The van der Waals surface area contributed by atoms with Crippen molar-refractivity contribution in [3.63, 3.8) is 0 Å². The number of nitrogens with zero attached hydrogens (tertiary/aromatic N) is 4. The average Bonchev–Trinajstić information content (AvgIpc) is 3.54. The fourth-order valence-corrected chi connectivity index (χ4v) is 4.97. The molecule has 5 rings (SSSR count). The summed E-state index contributed by atoms with van der Waals surface area (Å²) in [5.41, 5.74) is 7.81. The molecule has 5 N–H and O–H groups in total. The van der Waals surface area contributed by atoms with Crippen LogP contribution in [0.25, 0.3) is 11.0 Å². The van der Waals surface area contributed by atoms with E-state index in [0.29, 0.717) is 18.7 Å². The van der Waals surface area contributed by atoms with Gasteiger partial charge in [-0.05, 0) is 49.6 Å². The number of aliphatic hydroxyl groups excluding tert-OH is 1. The number of nitrogens with one attached hydrogen (secondary N) is 2. The zero-order valence-electron chi connectivity index (χ0n) is 25.7.